The standard InChI is InChI=1S/C13H23N5O2S2/c1-3-21-13-16-15-12(22-13)18(19)9-17(2)8-11(18)14-7-10-5-4-6-20-10/h10-11,14H,3-9H2,1-2H3. The first-order chi connectivity index (χ1) is 10.6. The summed E-state index contributed by atoms with van der Waals surface area (Å²) in [4.78, 5) is 2.05. The monoisotopic (exact) mass is 345 g/mol. The van der Waals surface area contributed by atoms with Crippen molar-refractivity contribution in [3.8, 4) is 0 Å². The van der Waals surface area contributed by atoms with Gasteiger partial charge in [0.25, 0.3) is 0 Å². The summed E-state index contributed by atoms with van der Waals surface area (Å²) in [5.41, 5.74) is 0. The van der Waals surface area contributed by atoms with Gasteiger partial charge in [-0.3, -0.25) is 14.9 Å². The highest BCUT2D eigenvalue weighted by Crippen LogP contribution is 2.35. The van der Waals surface area contributed by atoms with E-state index in [1.165, 1.54) is 11.3 Å². The quantitative estimate of drug-likeness (QED) is 0.475. The summed E-state index contributed by atoms with van der Waals surface area (Å²) >= 11 is 3.05. The number of rotatable bonds is 6. The van der Waals surface area contributed by atoms with Gasteiger partial charge >= 0.3 is 5.13 Å². The zero-order valence-electron chi connectivity index (χ0n) is 13.0. The second-order valence-corrected chi connectivity index (χ2v) is 8.29. The molecule has 0 bridgehead atoms. The minimum absolute atomic E-state index is 0.207. The summed E-state index contributed by atoms with van der Waals surface area (Å²) in [5, 5.41) is 25.6. The van der Waals surface area contributed by atoms with Crippen molar-refractivity contribution in [2.45, 2.75) is 36.4 Å². The van der Waals surface area contributed by atoms with Gasteiger partial charge in [-0.25, -0.2) is 0 Å². The van der Waals surface area contributed by atoms with Crippen molar-refractivity contribution in [3.05, 3.63) is 5.21 Å². The van der Waals surface area contributed by atoms with E-state index in [4.69, 9.17) is 4.74 Å². The number of nitrogens with zero attached hydrogens (tertiary/aromatic N) is 4. The van der Waals surface area contributed by atoms with E-state index in [0.29, 0.717) is 18.3 Å². The summed E-state index contributed by atoms with van der Waals surface area (Å²) in [6, 6.07) is 0. The van der Waals surface area contributed by atoms with Crippen LogP contribution in [0.4, 0.5) is 5.13 Å². The van der Waals surface area contributed by atoms with E-state index in [2.05, 4.69) is 22.4 Å². The van der Waals surface area contributed by atoms with Gasteiger partial charge in [-0.1, -0.05) is 23.8 Å². The van der Waals surface area contributed by atoms with E-state index in [-0.39, 0.29) is 12.3 Å². The molecule has 0 spiro atoms. The van der Waals surface area contributed by atoms with Crippen LogP contribution in [0.25, 0.3) is 0 Å². The molecule has 22 heavy (non-hydrogen) atoms. The second-order valence-electron chi connectivity index (χ2n) is 5.82. The Balaban J connectivity index is 1.69. The predicted octanol–water partition coefficient (Wildman–Crippen LogP) is 1.45. The molecule has 0 aromatic carbocycles. The summed E-state index contributed by atoms with van der Waals surface area (Å²) in [7, 11) is 1.97. The normalized spacial score (nSPS) is 32.9. The van der Waals surface area contributed by atoms with Crippen LogP contribution in [0.5, 0.6) is 0 Å². The highest BCUT2D eigenvalue weighted by Gasteiger charge is 2.42. The fraction of sp³-hybridized carbons (Fsp3) is 0.846. The molecule has 1 aromatic heterocycles. The van der Waals surface area contributed by atoms with Crippen molar-refractivity contribution in [2.24, 2.45) is 0 Å². The number of likely N-dealkylation sites (N-methyl/N-ethyl adjacent to an activating group) is 1. The lowest BCUT2D eigenvalue weighted by Gasteiger charge is -2.39. The Kier molecular flexibility index (Phi) is 5.33. The number of aromatic nitrogens is 2. The second kappa shape index (κ2) is 7.08. The minimum atomic E-state index is -0.453. The maximum atomic E-state index is 13.4. The summed E-state index contributed by atoms with van der Waals surface area (Å²) < 4.78 is 6.06. The van der Waals surface area contributed by atoms with Gasteiger partial charge in [0.05, 0.1) is 12.6 Å². The van der Waals surface area contributed by atoms with Crippen molar-refractivity contribution in [3.63, 3.8) is 0 Å². The molecule has 9 heteroatoms. The molecule has 2 fully saturated rings. The van der Waals surface area contributed by atoms with Crippen molar-refractivity contribution in [1.29, 1.82) is 0 Å². The van der Waals surface area contributed by atoms with Crippen LogP contribution in [0.15, 0.2) is 4.34 Å². The Morgan fingerprint density at radius 1 is 1.55 bits per heavy atom. The molecular weight excluding hydrogens is 322 g/mol. The number of hydrogen-bond donors (Lipinski definition) is 1. The maximum Gasteiger partial charge on any atom is 0.309 e. The maximum absolute atomic E-state index is 13.4. The van der Waals surface area contributed by atoms with Gasteiger partial charge in [0.15, 0.2) is 10.5 Å². The summed E-state index contributed by atoms with van der Waals surface area (Å²) in [6.45, 7) is 4.77. The molecule has 3 unspecified atom stereocenters. The number of thioether (sulfide) groups is 1. The molecule has 3 heterocycles. The van der Waals surface area contributed by atoms with Gasteiger partial charge in [-0.05, 0) is 37.0 Å². The molecular formula is C13H23N5O2S2. The number of ether oxygens (including phenoxy) is 1. The molecule has 1 N–H and O–H groups in total. The Bertz CT molecular complexity index is 497. The number of nitrogens with one attached hydrogen (secondary N) is 1. The zero-order valence-corrected chi connectivity index (χ0v) is 14.7. The molecule has 1 aromatic rings. The highest BCUT2D eigenvalue weighted by molar-refractivity contribution is 8.01. The molecule has 3 atom stereocenters. The third-order valence-corrected chi connectivity index (χ3v) is 6.08. The first kappa shape index (κ1) is 16.6. The molecule has 2 aliphatic heterocycles. The van der Waals surface area contributed by atoms with Gasteiger partial charge in [-0.15, -0.1) is 5.10 Å². The van der Waals surface area contributed by atoms with Crippen LogP contribution in [0.3, 0.4) is 0 Å². The van der Waals surface area contributed by atoms with Crippen molar-refractivity contribution in [2.75, 3.05) is 39.2 Å². The topological polar surface area (TPSA) is 73.3 Å². The Labute approximate surface area is 139 Å². The SMILES string of the molecule is CCSc1nnc([N+]2([O-])CN(C)CC2NCC2CCCO2)s1. The number of hydroxylamine groups is 2. The fourth-order valence-electron chi connectivity index (χ4n) is 2.96. The lowest BCUT2D eigenvalue weighted by Crippen LogP contribution is -2.57. The lowest BCUT2D eigenvalue weighted by atomic mass is 10.2. The van der Waals surface area contributed by atoms with Gasteiger partial charge in [0, 0.05) is 13.2 Å². The third kappa shape index (κ3) is 3.45. The highest BCUT2D eigenvalue weighted by atomic mass is 32.2. The Morgan fingerprint density at radius 2 is 2.41 bits per heavy atom. The third-order valence-electron chi connectivity index (χ3n) is 4.03. The average molecular weight is 345 g/mol. The molecule has 124 valence electrons. The van der Waals surface area contributed by atoms with Crippen molar-refractivity contribution >= 4 is 28.2 Å². The molecule has 7 nitrogen and oxygen atoms in total. The number of quaternary nitrogens is 1. The predicted molar refractivity (Wildman–Crippen MR) is 89.7 cm³/mol. The fourth-order valence-corrected chi connectivity index (χ4v) is 4.78. The van der Waals surface area contributed by atoms with Crippen LogP contribution in [0.2, 0.25) is 0 Å². The van der Waals surface area contributed by atoms with Crippen LogP contribution >= 0.6 is 23.1 Å². The van der Waals surface area contributed by atoms with Gasteiger partial charge in [-0.2, -0.15) is 0 Å². The van der Waals surface area contributed by atoms with E-state index < -0.39 is 4.65 Å². The smallest absolute Gasteiger partial charge is 0.309 e. The molecule has 0 aliphatic carbocycles. The van der Waals surface area contributed by atoms with E-state index in [1.807, 2.05) is 11.9 Å². The van der Waals surface area contributed by atoms with Gasteiger partial charge in [0.2, 0.25) is 0 Å². The van der Waals surface area contributed by atoms with Crippen LogP contribution < -0.4 is 9.96 Å². The summed E-state index contributed by atoms with van der Waals surface area (Å²) in [5.74, 6) is 0.939. The van der Waals surface area contributed by atoms with Crippen LogP contribution in [-0.2, 0) is 4.74 Å². The molecule has 3 rings (SSSR count). The Hall–Kier alpha value is -0.290. The van der Waals surface area contributed by atoms with E-state index >= 15 is 0 Å². The number of hydrogen-bond acceptors (Lipinski definition) is 8. The van der Waals surface area contributed by atoms with E-state index in [9.17, 15) is 5.21 Å². The largest absolute Gasteiger partial charge is 0.623 e. The summed E-state index contributed by atoms with van der Waals surface area (Å²) in [6.07, 6.45) is 2.22. The van der Waals surface area contributed by atoms with Crippen LogP contribution in [-0.4, -0.2) is 66.5 Å². The van der Waals surface area contributed by atoms with Gasteiger partial charge in [0.1, 0.15) is 6.67 Å². The Morgan fingerprint density at radius 3 is 3.14 bits per heavy atom. The minimum Gasteiger partial charge on any atom is -0.623 e. The first-order valence-electron chi connectivity index (χ1n) is 7.71. The van der Waals surface area contributed by atoms with Crippen molar-refractivity contribution in [1.82, 2.24) is 25.1 Å². The molecule has 0 saturated carbocycles. The van der Waals surface area contributed by atoms with Crippen LogP contribution in [0, 0.1) is 5.21 Å². The lowest BCUT2D eigenvalue weighted by molar-refractivity contribution is 0.103. The molecule has 2 aliphatic rings. The van der Waals surface area contributed by atoms with Crippen molar-refractivity contribution < 1.29 is 4.74 Å². The van der Waals surface area contributed by atoms with Gasteiger partial charge < -0.3 is 9.94 Å². The molecule has 2 saturated heterocycles. The zero-order chi connectivity index (χ0) is 15.6. The van der Waals surface area contributed by atoms with E-state index in [0.717, 1.165) is 36.1 Å². The van der Waals surface area contributed by atoms with Crippen LogP contribution in [0.1, 0.15) is 19.8 Å². The van der Waals surface area contributed by atoms with E-state index in [1.54, 1.807) is 11.8 Å². The molecule has 0 radical (unpaired) electrons. The first-order valence-corrected chi connectivity index (χ1v) is 9.51. The molecule has 0 amide bonds. The average Bonchev–Trinajstić information content (AvgIpc) is 3.18.